The molecule has 0 fully saturated rings. The highest BCUT2D eigenvalue weighted by Gasteiger charge is 2.08. The van der Waals surface area contributed by atoms with E-state index < -0.39 is 0 Å². The van der Waals surface area contributed by atoms with Gasteiger partial charge in [-0.2, -0.15) is 0 Å². The van der Waals surface area contributed by atoms with Crippen LogP contribution in [0.4, 0.5) is 0 Å². The third-order valence-electron chi connectivity index (χ3n) is 4.91. The van der Waals surface area contributed by atoms with Gasteiger partial charge in [0.25, 0.3) is 0 Å². The molecule has 4 aromatic rings. The number of nitrogens with zero attached hydrogens (tertiary/aromatic N) is 3. The molecule has 0 unspecified atom stereocenters. The average Bonchev–Trinajstić information content (AvgIpc) is 3.21. The molecule has 5 nitrogen and oxygen atoms in total. The van der Waals surface area contributed by atoms with Crippen LogP contribution in [0.3, 0.4) is 0 Å². The van der Waals surface area contributed by atoms with Gasteiger partial charge in [-0.25, -0.2) is 4.98 Å². The number of hydrogen-bond acceptors (Lipinski definition) is 4. The number of aryl methyl sites for hydroxylation is 2. The van der Waals surface area contributed by atoms with Crippen molar-refractivity contribution >= 4 is 16.5 Å². The number of benzene rings is 2. The predicted octanol–water partition coefficient (Wildman–Crippen LogP) is 3.95. The smallest absolute Gasteiger partial charge is 0.107 e. The van der Waals surface area contributed by atoms with Crippen LogP contribution < -0.4 is 11.5 Å². The SMILES string of the molecule is C/C(N)=C(/N)c1ccnc(-c2cn(CCc3cccc4ccccc34)cn2)c1. The summed E-state index contributed by atoms with van der Waals surface area (Å²) in [6.07, 6.45) is 6.54. The summed E-state index contributed by atoms with van der Waals surface area (Å²) >= 11 is 0. The molecule has 0 spiro atoms. The molecule has 2 aromatic heterocycles. The van der Waals surface area contributed by atoms with Crippen LogP contribution in [0.2, 0.25) is 0 Å². The van der Waals surface area contributed by atoms with Crippen LogP contribution in [0.15, 0.2) is 79.0 Å². The molecule has 140 valence electrons. The lowest BCUT2D eigenvalue weighted by Gasteiger charge is -2.07. The Hall–Kier alpha value is -3.60. The number of fused-ring (bicyclic) bond motifs is 1. The molecule has 5 heteroatoms. The molecule has 2 aromatic carbocycles. The first-order valence-electron chi connectivity index (χ1n) is 9.29. The van der Waals surface area contributed by atoms with Crippen molar-refractivity contribution < 1.29 is 0 Å². The third kappa shape index (κ3) is 3.60. The van der Waals surface area contributed by atoms with Gasteiger partial charge in [0.15, 0.2) is 0 Å². The van der Waals surface area contributed by atoms with Crippen LogP contribution in [0, 0.1) is 0 Å². The number of pyridine rings is 1. The molecule has 2 heterocycles. The van der Waals surface area contributed by atoms with Crippen molar-refractivity contribution in [3.05, 3.63) is 90.1 Å². The zero-order chi connectivity index (χ0) is 19.5. The Morgan fingerprint density at radius 2 is 1.79 bits per heavy atom. The molecule has 0 saturated heterocycles. The van der Waals surface area contributed by atoms with Gasteiger partial charge in [0.2, 0.25) is 0 Å². The minimum atomic E-state index is 0.569. The number of nitrogens with two attached hydrogens (primary N) is 2. The Labute approximate surface area is 164 Å². The summed E-state index contributed by atoms with van der Waals surface area (Å²) in [6.45, 7) is 2.64. The molecule has 4 rings (SSSR count). The van der Waals surface area contributed by atoms with E-state index in [1.54, 1.807) is 13.1 Å². The Bertz CT molecular complexity index is 1150. The lowest BCUT2D eigenvalue weighted by atomic mass is 10.0. The van der Waals surface area contributed by atoms with Crippen molar-refractivity contribution in [1.82, 2.24) is 14.5 Å². The van der Waals surface area contributed by atoms with Crippen molar-refractivity contribution in [2.45, 2.75) is 19.9 Å². The minimum absolute atomic E-state index is 0.569. The largest absolute Gasteiger partial charge is 0.401 e. The van der Waals surface area contributed by atoms with Gasteiger partial charge in [-0.1, -0.05) is 42.5 Å². The van der Waals surface area contributed by atoms with E-state index in [1.165, 1.54) is 16.3 Å². The molecule has 0 aliphatic carbocycles. The third-order valence-corrected chi connectivity index (χ3v) is 4.91. The standard InChI is InChI=1S/C23H23N5/c1-16(24)23(25)19-9-11-26-21(13-19)22-14-28(15-27-22)12-10-18-7-4-6-17-5-2-3-8-20(17)18/h2-9,11,13-15H,10,12,24-25H2,1H3/b23-16-. The van der Waals surface area contributed by atoms with Gasteiger partial charge >= 0.3 is 0 Å². The molecular weight excluding hydrogens is 346 g/mol. The first kappa shape index (κ1) is 17.8. The molecule has 4 N–H and O–H groups in total. The second-order valence-corrected chi connectivity index (χ2v) is 6.91. The maximum Gasteiger partial charge on any atom is 0.107 e. The highest BCUT2D eigenvalue weighted by Crippen LogP contribution is 2.21. The highest BCUT2D eigenvalue weighted by atomic mass is 15.0. The van der Waals surface area contributed by atoms with Crippen LogP contribution in [0.25, 0.3) is 27.9 Å². The first-order valence-corrected chi connectivity index (χ1v) is 9.29. The first-order chi connectivity index (χ1) is 13.6. The van der Waals surface area contributed by atoms with E-state index in [1.807, 2.05) is 24.7 Å². The van der Waals surface area contributed by atoms with Crippen LogP contribution in [-0.4, -0.2) is 14.5 Å². The van der Waals surface area contributed by atoms with E-state index in [0.29, 0.717) is 11.4 Å². The molecule has 0 saturated carbocycles. The van der Waals surface area contributed by atoms with Crippen molar-refractivity contribution in [3.8, 4) is 11.4 Å². The highest BCUT2D eigenvalue weighted by molar-refractivity contribution is 5.85. The predicted molar refractivity (Wildman–Crippen MR) is 114 cm³/mol. The fourth-order valence-corrected chi connectivity index (χ4v) is 3.34. The van der Waals surface area contributed by atoms with E-state index in [9.17, 15) is 0 Å². The van der Waals surface area contributed by atoms with Crippen LogP contribution in [0.5, 0.6) is 0 Å². The second kappa shape index (κ2) is 7.56. The molecule has 0 radical (unpaired) electrons. The fourth-order valence-electron chi connectivity index (χ4n) is 3.34. The number of imidazole rings is 1. The monoisotopic (exact) mass is 369 g/mol. The molecule has 0 bridgehead atoms. The van der Waals surface area contributed by atoms with E-state index in [4.69, 9.17) is 11.5 Å². The van der Waals surface area contributed by atoms with Crippen LogP contribution in [0.1, 0.15) is 18.1 Å². The maximum atomic E-state index is 6.05. The Kier molecular flexibility index (Phi) is 4.81. The second-order valence-electron chi connectivity index (χ2n) is 6.91. The minimum Gasteiger partial charge on any atom is -0.401 e. The lowest BCUT2D eigenvalue weighted by Crippen LogP contribution is -2.06. The van der Waals surface area contributed by atoms with Gasteiger partial charge in [-0.05, 0) is 41.8 Å². The summed E-state index contributed by atoms with van der Waals surface area (Å²) in [5.41, 5.74) is 16.8. The van der Waals surface area contributed by atoms with Crippen molar-refractivity contribution in [1.29, 1.82) is 0 Å². The number of hydrogen-bond donors (Lipinski definition) is 2. The van der Waals surface area contributed by atoms with Gasteiger partial charge in [-0.3, -0.25) is 4.98 Å². The maximum absolute atomic E-state index is 6.05. The number of aromatic nitrogens is 3. The van der Waals surface area contributed by atoms with Gasteiger partial charge in [0, 0.05) is 30.2 Å². The van der Waals surface area contributed by atoms with Gasteiger partial charge < -0.3 is 16.0 Å². The molecule has 28 heavy (non-hydrogen) atoms. The number of allylic oxidation sites excluding steroid dienone is 1. The summed E-state index contributed by atoms with van der Waals surface area (Å²) in [6, 6.07) is 18.7. The van der Waals surface area contributed by atoms with E-state index >= 15 is 0 Å². The average molecular weight is 369 g/mol. The van der Waals surface area contributed by atoms with Crippen molar-refractivity contribution in [3.63, 3.8) is 0 Å². The summed E-state index contributed by atoms with van der Waals surface area (Å²) in [5.74, 6) is 0. The zero-order valence-electron chi connectivity index (χ0n) is 15.8. The molecule has 0 atom stereocenters. The van der Waals surface area contributed by atoms with Gasteiger partial charge in [0.1, 0.15) is 5.69 Å². The van der Waals surface area contributed by atoms with Crippen molar-refractivity contribution in [2.75, 3.05) is 0 Å². The fraction of sp³-hybridized carbons (Fsp3) is 0.130. The quantitative estimate of drug-likeness (QED) is 0.558. The van der Waals surface area contributed by atoms with Crippen molar-refractivity contribution in [2.24, 2.45) is 11.5 Å². The Morgan fingerprint density at radius 3 is 2.64 bits per heavy atom. The molecular formula is C23H23N5. The summed E-state index contributed by atoms with van der Waals surface area (Å²) in [5, 5.41) is 2.58. The molecule has 0 aliphatic heterocycles. The van der Waals surface area contributed by atoms with E-state index in [-0.39, 0.29) is 0 Å². The van der Waals surface area contributed by atoms with E-state index in [0.717, 1.165) is 29.9 Å². The Balaban J connectivity index is 1.54. The van der Waals surface area contributed by atoms with Crippen LogP contribution in [-0.2, 0) is 13.0 Å². The summed E-state index contributed by atoms with van der Waals surface area (Å²) in [7, 11) is 0. The van der Waals surface area contributed by atoms with Gasteiger partial charge in [-0.15, -0.1) is 0 Å². The number of rotatable bonds is 5. The molecule has 0 aliphatic rings. The van der Waals surface area contributed by atoms with Gasteiger partial charge in [0.05, 0.1) is 17.7 Å². The molecule has 0 amide bonds. The van der Waals surface area contributed by atoms with E-state index in [2.05, 4.69) is 57.0 Å². The summed E-state index contributed by atoms with van der Waals surface area (Å²) in [4.78, 5) is 8.95. The zero-order valence-corrected chi connectivity index (χ0v) is 15.8. The lowest BCUT2D eigenvalue weighted by molar-refractivity contribution is 0.698. The topological polar surface area (TPSA) is 82.8 Å². The summed E-state index contributed by atoms with van der Waals surface area (Å²) < 4.78 is 2.10. The van der Waals surface area contributed by atoms with Crippen LogP contribution >= 0.6 is 0 Å². The Morgan fingerprint density at radius 1 is 0.964 bits per heavy atom. The normalized spacial score (nSPS) is 12.2.